The molecule has 6 nitrogen and oxygen atoms in total. The number of hydrogen-bond donors (Lipinski definition) is 0. The average molecular weight is 960 g/mol. The topological polar surface area (TPSA) is 78.9 Å². The van der Waals surface area contributed by atoms with Gasteiger partial charge < -0.3 is 14.2 Å². The van der Waals surface area contributed by atoms with E-state index in [9.17, 15) is 14.4 Å². The first-order chi connectivity index (χ1) is 34.0. The lowest BCUT2D eigenvalue weighted by Crippen LogP contribution is -2.30. The van der Waals surface area contributed by atoms with Crippen LogP contribution in [0.4, 0.5) is 0 Å². The van der Waals surface area contributed by atoms with E-state index in [4.69, 9.17) is 14.2 Å². The lowest BCUT2D eigenvalue weighted by atomic mass is 10.1. The van der Waals surface area contributed by atoms with Crippen LogP contribution in [0.1, 0.15) is 265 Å². The summed E-state index contributed by atoms with van der Waals surface area (Å²) in [5.74, 6) is -0.921. The van der Waals surface area contributed by atoms with Crippen LogP contribution >= 0.6 is 0 Å². The second-order valence-corrected chi connectivity index (χ2v) is 18.8. The van der Waals surface area contributed by atoms with Crippen molar-refractivity contribution < 1.29 is 28.6 Å². The van der Waals surface area contributed by atoms with E-state index in [0.717, 1.165) is 135 Å². The number of rotatable bonds is 51. The molecule has 0 saturated heterocycles. The molecule has 0 aromatic rings. The Labute approximate surface area is 426 Å². The van der Waals surface area contributed by atoms with Crippen molar-refractivity contribution in [2.45, 2.75) is 271 Å². The van der Waals surface area contributed by atoms with Crippen molar-refractivity contribution in [2.24, 2.45) is 0 Å². The second kappa shape index (κ2) is 56.9. The van der Waals surface area contributed by atoms with Crippen molar-refractivity contribution in [3.63, 3.8) is 0 Å². The van der Waals surface area contributed by atoms with Gasteiger partial charge in [-0.2, -0.15) is 0 Å². The molecule has 6 heteroatoms. The van der Waals surface area contributed by atoms with E-state index < -0.39 is 6.10 Å². The van der Waals surface area contributed by atoms with Gasteiger partial charge in [-0.3, -0.25) is 14.4 Å². The first-order valence-electron chi connectivity index (χ1n) is 28.7. The Bertz CT molecular complexity index is 1380. The zero-order valence-electron chi connectivity index (χ0n) is 45.0. The molecule has 69 heavy (non-hydrogen) atoms. The molecule has 0 amide bonds. The Morgan fingerprint density at radius 2 is 0.565 bits per heavy atom. The highest BCUT2D eigenvalue weighted by atomic mass is 16.6. The number of carbonyl (C=O) groups excluding carboxylic acids is 3. The van der Waals surface area contributed by atoms with Gasteiger partial charge in [0.05, 0.1) is 0 Å². The molecule has 0 spiro atoms. The third-order valence-electron chi connectivity index (χ3n) is 12.1. The lowest BCUT2D eigenvalue weighted by Gasteiger charge is -2.18. The molecule has 0 radical (unpaired) electrons. The van der Waals surface area contributed by atoms with E-state index in [1.165, 1.54) is 89.9 Å². The van der Waals surface area contributed by atoms with E-state index in [0.29, 0.717) is 19.3 Å². The van der Waals surface area contributed by atoms with Gasteiger partial charge in [0.25, 0.3) is 0 Å². The highest BCUT2D eigenvalue weighted by molar-refractivity contribution is 5.71. The van der Waals surface area contributed by atoms with Gasteiger partial charge in [-0.05, 0) is 116 Å². The van der Waals surface area contributed by atoms with E-state index in [1.807, 2.05) is 0 Å². The summed E-state index contributed by atoms with van der Waals surface area (Å²) >= 11 is 0. The number of ether oxygens (including phenoxy) is 3. The fraction of sp³-hybridized carbons (Fsp3) is 0.698. The number of carbonyl (C=O) groups is 3. The maximum absolute atomic E-state index is 12.8. The summed E-state index contributed by atoms with van der Waals surface area (Å²) in [6.45, 7) is 6.39. The van der Waals surface area contributed by atoms with Gasteiger partial charge >= 0.3 is 17.9 Å². The molecular weight excluding hydrogens is 853 g/mol. The molecule has 0 aliphatic rings. The number of hydrogen-bond acceptors (Lipinski definition) is 6. The van der Waals surface area contributed by atoms with Gasteiger partial charge in [0.2, 0.25) is 0 Å². The summed E-state index contributed by atoms with van der Waals surface area (Å²) in [6.07, 6.45) is 75.4. The van der Waals surface area contributed by atoms with E-state index in [1.54, 1.807) is 0 Å². The molecule has 0 aromatic carbocycles. The minimum absolute atomic E-state index is 0.0917. The Kier molecular flexibility index (Phi) is 53.9. The molecule has 0 fully saturated rings. The van der Waals surface area contributed by atoms with Crippen LogP contribution in [0.2, 0.25) is 0 Å². The molecule has 0 N–H and O–H groups in total. The summed E-state index contributed by atoms with van der Waals surface area (Å²) in [5.41, 5.74) is 0. The molecule has 0 saturated carbocycles. The van der Waals surface area contributed by atoms with Crippen LogP contribution in [0.15, 0.2) is 97.2 Å². The molecule has 0 bridgehead atoms. The summed E-state index contributed by atoms with van der Waals surface area (Å²) in [4.78, 5) is 38.2. The zero-order valence-corrected chi connectivity index (χ0v) is 45.0. The number of allylic oxidation sites excluding steroid dienone is 16. The van der Waals surface area contributed by atoms with Gasteiger partial charge in [0.1, 0.15) is 13.2 Å². The van der Waals surface area contributed by atoms with Gasteiger partial charge in [-0.25, -0.2) is 0 Å². The van der Waals surface area contributed by atoms with Crippen LogP contribution < -0.4 is 0 Å². The SMILES string of the molecule is CC/C=C\C/C=C\C/C=C\C/C=C\CCCCCCCCCCC(=O)OCC(COC(=O)CCCCCCC/C=C\CCCCCCCC)OC(=O)CCCCCCC/C=C\C/C=C\C/C=C\CC. The van der Waals surface area contributed by atoms with Crippen molar-refractivity contribution in [3.8, 4) is 0 Å². The predicted molar refractivity (Wildman–Crippen MR) is 297 cm³/mol. The van der Waals surface area contributed by atoms with Crippen LogP contribution in [0, 0.1) is 0 Å². The minimum Gasteiger partial charge on any atom is -0.462 e. The Morgan fingerprint density at radius 3 is 0.899 bits per heavy atom. The predicted octanol–water partition coefficient (Wildman–Crippen LogP) is 19.3. The molecule has 0 aliphatic carbocycles. The van der Waals surface area contributed by atoms with Crippen molar-refractivity contribution in [1.29, 1.82) is 0 Å². The van der Waals surface area contributed by atoms with Gasteiger partial charge in [-0.1, -0.05) is 227 Å². The van der Waals surface area contributed by atoms with Crippen LogP contribution in [0.5, 0.6) is 0 Å². The molecule has 0 rings (SSSR count). The molecule has 0 aromatic heterocycles. The molecule has 394 valence electrons. The van der Waals surface area contributed by atoms with Gasteiger partial charge in [-0.15, -0.1) is 0 Å². The third kappa shape index (κ3) is 55.1. The fourth-order valence-corrected chi connectivity index (χ4v) is 7.80. The van der Waals surface area contributed by atoms with Crippen molar-refractivity contribution >= 4 is 17.9 Å². The smallest absolute Gasteiger partial charge is 0.306 e. The molecule has 0 heterocycles. The number of unbranched alkanes of at least 4 members (excludes halogenated alkanes) is 24. The summed E-state index contributed by atoms with van der Waals surface area (Å²) in [6, 6.07) is 0. The van der Waals surface area contributed by atoms with Gasteiger partial charge in [0, 0.05) is 19.3 Å². The molecule has 1 atom stereocenters. The molecule has 0 aliphatic heterocycles. The van der Waals surface area contributed by atoms with Gasteiger partial charge in [0.15, 0.2) is 6.10 Å². The maximum atomic E-state index is 12.8. The van der Waals surface area contributed by atoms with Crippen LogP contribution in [0.25, 0.3) is 0 Å². The Morgan fingerprint density at radius 1 is 0.304 bits per heavy atom. The minimum atomic E-state index is -0.795. The standard InChI is InChI=1S/C63H106O6/c1-4-7-10-13-16-19-22-25-28-29-30-31-32-33-36-38-41-44-47-50-53-56-62(65)68-59-60(69-63(66)57-54-51-48-45-42-39-35-27-24-21-18-15-12-9-6-3)58-67-61(64)55-52-49-46-43-40-37-34-26-23-20-17-14-11-8-5-2/h7,9-10,12,16,18-19,21,25-28,30-31,34-35,60H,4-6,8,11,13-15,17,20,22-24,29,32-33,36-59H2,1-3H3/b10-7-,12-9-,19-16-,21-18-,28-25-,31-30-,34-26-,35-27-. The summed E-state index contributed by atoms with van der Waals surface area (Å²) in [5, 5.41) is 0. The Balaban J connectivity index is 4.41. The van der Waals surface area contributed by atoms with Crippen molar-refractivity contribution in [3.05, 3.63) is 97.2 Å². The Hall–Kier alpha value is -3.67. The fourth-order valence-electron chi connectivity index (χ4n) is 7.80. The lowest BCUT2D eigenvalue weighted by molar-refractivity contribution is -0.167. The normalized spacial score (nSPS) is 12.8. The first-order valence-corrected chi connectivity index (χ1v) is 28.7. The van der Waals surface area contributed by atoms with E-state index in [-0.39, 0.29) is 31.1 Å². The first kappa shape index (κ1) is 65.3. The highest BCUT2D eigenvalue weighted by Gasteiger charge is 2.19. The molecular formula is C63H106O6. The monoisotopic (exact) mass is 959 g/mol. The van der Waals surface area contributed by atoms with E-state index >= 15 is 0 Å². The average Bonchev–Trinajstić information content (AvgIpc) is 3.35. The highest BCUT2D eigenvalue weighted by Crippen LogP contribution is 2.14. The summed E-state index contributed by atoms with van der Waals surface area (Å²) in [7, 11) is 0. The number of esters is 3. The largest absolute Gasteiger partial charge is 0.462 e. The van der Waals surface area contributed by atoms with E-state index in [2.05, 4.69) is 118 Å². The van der Waals surface area contributed by atoms with Crippen LogP contribution in [0.3, 0.4) is 0 Å². The van der Waals surface area contributed by atoms with Crippen LogP contribution in [-0.4, -0.2) is 37.2 Å². The maximum Gasteiger partial charge on any atom is 0.306 e. The quantitative estimate of drug-likeness (QED) is 0.0262. The zero-order chi connectivity index (χ0) is 50.0. The van der Waals surface area contributed by atoms with Crippen molar-refractivity contribution in [2.75, 3.05) is 13.2 Å². The second-order valence-electron chi connectivity index (χ2n) is 18.8. The summed E-state index contributed by atoms with van der Waals surface area (Å²) < 4.78 is 16.8. The van der Waals surface area contributed by atoms with Crippen LogP contribution in [-0.2, 0) is 28.6 Å². The third-order valence-corrected chi connectivity index (χ3v) is 12.1. The molecule has 1 unspecified atom stereocenters. The van der Waals surface area contributed by atoms with Crippen molar-refractivity contribution in [1.82, 2.24) is 0 Å².